The largest absolute Gasteiger partial charge is 0.350 e. The summed E-state index contributed by atoms with van der Waals surface area (Å²) in [6, 6.07) is 0. The molecule has 0 saturated heterocycles. The summed E-state index contributed by atoms with van der Waals surface area (Å²) in [7, 11) is -4.23. The van der Waals surface area contributed by atoms with Crippen molar-refractivity contribution in [2.75, 3.05) is 0 Å². The first-order valence-electron chi connectivity index (χ1n) is 1.84. The van der Waals surface area contributed by atoms with Crippen LogP contribution in [0.1, 0.15) is 0 Å². The molecule has 0 aromatic rings. The summed E-state index contributed by atoms with van der Waals surface area (Å²) >= 11 is 0. The molecule has 0 aromatic carbocycles. The Morgan fingerprint density at radius 2 is 2.11 bits per heavy atom. The normalized spacial score (nSPS) is 10.8. The van der Waals surface area contributed by atoms with E-state index < -0.39 is 15.2 Å². The summed E-state index contributed by atoms with van der Waals surface area (Å²) in [5.74, 6) is 4.23. The highest BCUT2D eigenvalue weighted by atomic mass is 32.2. The van der Waals surface area contributed by atoms with Gasteiger partial charge in [0.2, 0.25) is 0 Å². The predicted molar refractivity (Wildman–Crippen MR) is 29.4 cm³/mol. The molecular weight excluding hydrogens is 146 g/mol. The Balaban J connectivity index is 4.56. The van der Waals surface area contributed by atoms with Gasteiger partial charge in [-0.1, -0.05) is 6.58 Å². The van der Waals surface area contributed by atoms with Gasteiger partial charge in [-0.05, 0) is 6.08 Å². The quantitative estimate of drug-likeness (QED) is 0.400. The van der Waals surface area contributed by atoms with Gasteiger partial charge in [0.1, 0.15) is 0 Å². The number of rotatable bonds is 2. The molecule has 2 N–H and O–H groups in total. The third-order valence-electron chi connectivity index (χ3n) is 0.540. The molecular formula is C3H5NO4S. The Morgan fingerprint density at radius 1 is 1.67 bits per heavy atom. The van der Waals surface area contributed by atoms with E-state index in [1.165, 1.54) is 0 Å². The van der Waals surface area contributed by atoms with Crippen molar-refractivity contribution < 1.29 is 17.5 Å². The highest BCUT2D eigenvalue weighted by Crippen LogP contribution is 1.89. The summed E-state index contributed by atoms with van der Waals surface area (Å²) < 4.78 is 23.7. The highest BCUT2D eigenvalue weighted by molar-refractivity contribution is 8.02. The summed E-state index contributed by atoms with van der Waals surface area (Å²) in [6.45, 7) is 2.91. The Bertz CT molecular complexity index is 216. The minimum atomic E-state index is -4.23. The molecule has 9 heavy (non-hydrogen) atoms. The van der Waals surface area contributed by atoms with Crippen molar-refractivity contribution in [3.8, 4) is 0 Å². The van der Waals surface area contributed by atoms with Crippen LogP contribution < -0.4 is 5.90 Å². The summed E-state index contributed by atoms with van der Waals surface area (Å²) in [4.78, 5) is 10.2. The molecule has 5 nitrogen and oxygen atoms in total. The molecule has 0 aromatic heterocycles. The third kappa shape index (κ3) is 1.92. The number of hydrogen-bond acceptors (Lipinski definition) is 5. The molecule has 6 heteroatoms. The maximum absolute atomic E-state index is 10.2. The van der Waals surface area contributed by atoms with E-state index in [-0.39, 0.29) is 0 Å². The Hall–Kier alpha value is -0.720. The van der Waals surface area contributed by atoms with Crippen LogP contribution in [0.5, 0.6) is 0 Å². The van der Waals surface area contributed by atoms with Crippen LogP contribution >= 0.6 is 0 Å². The van der Waals surface area contributed by atoms with Gasteiger partial charge in [0.25, 0.3) is 5.12 Å². The molecule has 0 heterocycles. The van der Waals surface area contributed by atoms with Crippen LogP contribution in [0.4, 0.5) is 0 Å². The average molecular weight is 151 g/mol. The lowest BCUT2D eigenvalue weighted by Gasteiger charge is -1.90. The maximum atomic E-state index is 10.2. The molecule has 0 aliphatic heterocycles. The van der Waals surface area contributed by atoms with Gasteiger partial charge in [0, 0.05) is 0 Å². The summed E-state index contributed by atoms with van der Waals surface area (Å²) in [6.07, 6.45) is 0.599. The second kappa shape index (κ2) is 2.72. The molecule has 0 saturated carbocycles. The van der Waals surface area contributed by atoms with Gasteiger partial charge in [0.15, 0.2) is 0 Å². The molecule has 52 valence electrons. The smallest absolute Gasteiger partial charge is 0.274 e. The van der Waals surface area contributed by atoms with Gasteiger partial charge < -0.3 is 0 Å². The van der Waals surface area contributed by atoms with Gasteiger partial charge in [-0.25, -0.2) is 0 Å². The van der Waals surface area contributed by atoms with Crippen LogP contribution in [0.2, 0.25) is 0 Å². The van der Waals surface area contributed by atoms with E-state index in [0.29, 0.717) is 6.08 Å². The molecule has 0 rings (SSSR count). The molecule has 0 spiro atoms. The second-order valence-corrected chi connectivity index (χ2v) is 2.58. The van der Waals surface area contributed by atoms with E-state index in [9.17, 15) is 13.2 Å². The Kier molecular flexibility index (Phi) is 2.50. The lowest BCUT2D eigenvalue weighted by molar-refractivity contribution is -0.108. The van der Waals surface area contributed by atoms with Crippen molar-refractivity contribution in [3.63, 3.8) is 0 Å². The molecule has 0 aliphatic rings. The van der Waals surface area contributed by atoms with Gasteiger partial charge in [-0.3, -0.25) is 4.79 Å². The van der Waals surface area contributed by atoms with E-state index in [2.05, 4.69) is 16.8 Å². The molecule has 0 radical (unpaired) electrons. The minimum Gasteiger partial charge on any atom is -0.274 e. The predicted octanol–water partition coefficient (Wildman–Crippen LogP) is -1.08. The zero-order valence-electron chi connectivity index (χ0n) is 4.40. The fourth-order valence-electron chi connectivity index (χ4n) is 0.149. The lowest BCUT2D eigenvalue weighted by atomic mass is 10.7. The van der Waals surface area contributed by atoms with Gasteiger partial charge in [-0.15, -0.1) is 0 Å². The zero-order chi connectivity index (χ0) is 7.49. The Labute approximate surface area is 52.2 Å². The first-order valence-corrected chi connectivity index (χ1v) is 3.25. The van der Waals surface area contributed by atoms with Crippen LogP contribution in [-0.2, 0) is 19.2 Å². The number of hydrogen-bond donors (Lipinski definition) is 1. The number of carbonyl (C=O) groups is 1. The third-order valence-corrected chi connectivity index (χ3v) is 1.45. The van der Waals surface area contributed by atoms with Crippen molar-refractivity contribution in [2.45, 2.75) is 0 Å². The molecule has 0 bridgehead atoms. The molecule has 0 fully saturated rings. The maximum Gasteiger partial charge on any atom is 0.350 e. The van der Waals surface area contributed by atoms with E-state index in [1.54, 1.807) is 0 Å². The molecule has 0 aliphatic carbocycles. The zero-order valence-corrected chi connectivity index (χ0v) is 5.22. The minimum absolute atomic E-state index is 0.599. The number of carbonyl (C=O) groups excluding carboxylic acids is 1. The van der Waals surface area contributed by atoms with Crippen molar-refractivity contribution in [1.29, 1.82) is 0 Å². The second-order valence-electron chi connectivity index (χ2n) is 1.07. The van der Waals surface area contributed by atoms with Crippen LogP contribution in [0.15, 0.2) is 12.7 Å². The average Bonchev–Trinajstić information content (AvgIpc) is 1.86. The van der Waals surface area contributed by atoms with Gasteiger partial charge in [-0.2, -0.15) is 18.6 Å². The monoisotopic (exact) mass is 151 g/mol. The van der Waals surface area contributed by atoms with Gasteiger partial charge in [0.05, 0.1) is 0 Å². The topological polar surface area (TPSA) is 86.5 Å². The summed E-state index contributed by atoms with van der Waals surface area (Å²) in [5, 5.41) is -1.25. The van der Waals surface area contributed by atoms with Crippen molar-refractivity contribution in [2.24, 2.45) is 5.90 Å². The van der Waals surface area contributed by atoms with Crippen molar-refractivity contribution >= 4 is 15.2 Å². The van der Waals surface area contributed by atoms with Crippen molar-refractivity contribution in [3.05, 3.63) is 12.7 Å². The standard InChI is InChI=1S/C3H5NO4S/c1-2-3(5)9(6,7)8-4/h2H,1,4H2. The lowest BCUT2D eigenvalue weighted by Crippen LogP contribution is -2.18. The molecule has 0 unspecified atom stereocenters. The van der Waals surface area contributed by atoms with Crippen LogP contribution in [0.25, 0.3) is 0 Å². The SMILES string of the molecule is C=CC(=O)S(=O)(=O)ON. The number of nitrogens with two attached hydrogens (primary N) is 1. The fraction of sp³-hybridized carbons (Fsp3) is 0. The highest BCUT2D eigenvalue weighted by Gasteiger charge is 2.17. The van der Waals surface area contributed by atoms with Gasteiger partial charge >= 0.3 is 10.1 Å². The first kappa shape index (κ1) is 8.28. The van der Waals surface area contributed by atoms with Crippen LogP contribution in [0.3, 0.4) is 0 Å². The molecule has 0 atom stereocenters. The van der Waals surface area contributed by atoms with E-state index in [0.717, 1.165) is 0 Å². The van der Waals surface area contributed by atoms with Crippen molar-refractivity contribution in [1.82, 2.24) is 0 Å². The van der Waals surface area contributed by atoms with Crippen LogP contribution in [0, 0.1) is 0 Å². The molecule has 0 amide bonds. The van der Waals surface area contributed by atoms with E-state index >= 15 is 0 Å². The fourth-order valence-corrected chi connectivity index (χ4v) is 0.448. The Morgan fingerprint density at radius 3 is 2.22 bits per heavy atom. The summed E-state index contributed by atoms with van der Waals surface area (Å²) in [5.41, 5.74) is 0. The van der Waals surface area contributed by atoms with Crippen LogP contribution in [-0.4, -0.2) is 13.5 Å². The van der Waals surface area contributed by atoms with E-state index in [1.807, 2.05) is 0 Å². The first-order chi connectivity index (χ1) is 4.04. The van der Waals surface area contributed by atoms with E-state index in [4.69, 9.17) is 0 Å².